The molecule has 3 rings (SSSR count). The van der Waals surface area contributed by atoms with Crippen LogP contribution >= 0.6 is 0 Å². The molecule has 2 aliphatic heterocycles. The summed E-state index contributed by atoms with van der Waals surface area (Å²) >= 11 is 0. The molecule has 0 saturated carbocycles. The Morgan fingerprint density at radius 1 is 1.24 bits per heavy atom. The van der Waals surface area contributed by atoms with Gasteiger partial charge < -0.3 is 20.2 Å². The Morgan fingerprint density at radius 3 is 2.50 bits per heavy atom. The summed E-state index contributed by atoms with van der Waals surface area (Å²) in [6, 6.07) is -0.366. The largest absolute Gasteiger partial charge is 0.390 e. The molecule has 1 aliphatic carbocycles. The topological polar surface area (TPSA) is 72.9 Å². The van der Waals surface area contributed by atoms with E-state index >= 15 is 0 Å². The van der Waals surface area contributed by atoms with Crippen LogP contribution < -0.4 is 5.32 Å². The summed E-state index contributed by atoms with van der Waals surface area (Å²) in [4.78, 5) is 31.1. The minimum Gasteiger partial charge on any atom is -0.390 e. The van der Waals surface area contributed by atoms with E-state index < -0.39 is 11.1 Å². The summed E-state index contributed by atoms with van der Waals surface area (Å²) in [6.07, 6.45) is 12.1. The van der Waals surface area contributed by atoms with Gasteiger partial charge in [0.15, 0.2) is 0 Å². The maximum atomic E-state index is 13.3. The monoisotopic (exact) mass is 475 g/mol. The van der Waals surface area contributed by atoms with Crippen molar-refractivity contribution < 1.29 is 14.7 Å². The van der Waals surface area contributed by atoms with E-state index in [9.17, 15) is 14.7 Å². The summed E-state index contributed by atoms with van der Waals surface area (Å²) in [7, 11) is 0. The van der Waals surface area contributed by atoms with E-state index in [0.29, 0.717) is 24.8 Å². The number of rotatable bonds is 10. The third-order valence-corrected chi connectivity index (χ3v) is 8.06. The van der Waals surface area contributed by atoms with E-state index in [1.54, 1.807) is 5.57 Å². The molecular formula is C28H49N3O3. The molecule has 1 spiro atoms. The fraction of sp³-hybridized carbons (Fsp3) is 0.857. The van der Waals surface area contributed by atoms with Gasteiger partial charge >= 0.3 is 0 Å². The van der Waals surface area contributed by atoms with Gasteiger partial charge in [-0.15, -0.1) is 0 Å². The van der Waals surface area contributed by atoms with Gasteiger partial charge in [-0.3, -0.25) is 9.59 Å². The van der Waals surface area contributed by atoms with Crippen molar-refractivity contribution in [2.24, 2.45) is 11.8 Å². The molecule has 2 atom stereocenters. The first-order chi connectivity index (χ1) is 16.0. The molecule has 0 bridgehead atoms. The zero-order chi connectivity index (χ0) is 24.9. The summed E-state index contributed by atoms with van der Waals surface area (Å²) in [5, 5.41) is 13.0. The number of nitrogens with zero attached hydrogens (tertiary/aromatic N) is 2. The highest BCUT2D eigenvalue weighted by atomic mass is 16.3. The second kappa shape index (κ2) is 11.6. The quantitative estimate of drug-likeness (QED) is 0.463. The van der Waals surface area contributed by atoms with Crippen LogP contribution in [0.15, 0.2) is 11.6 Å². The van der Waals surface area contributed by atoms with Crippen LogP contribution in [0.5, 0.6) is 0 Å². The van der Waals surface area contributed by atoms with Crippen LogP contribution in [0.25, 0.3) is 0 Å². The van der Waals surface area contributed by atoms with Crippen LogP contribution in [-0.2, 0) is 9.59 Å². The number of piperidine rings is 1. The van der Waals surface area contributed by atoms with Gasteiger partial charge in [-0.25, -0.2) is 0 Å². The number of piperazine rings is 1. The van der Waals surface area contributed by atoms with Gasteiger partial charge in [0, 0.05) is 26.2 Å². The molecule has 6 heteroatoms. The Hall–Kier alpha value is -1.40. The molecule has 0 aromatic heterocycles. The van der Waals surface area contributed by atoms with E-state index in [2.05, 4.69) is 37.1 Å². The molecule has 2 N–H and O–H groups in total. The predicted molar refractivity (Wildman–Crippen MR) is 137 cm³/mol. The van der Waals surface area contributed by atoms with Gasteiger partial charge in [-0.1, -0.05) is 32.4 Å². The van der Waals surface area contributed by atoms with Crippen LogP contribution in [0.3, 0.4) is 0 Å². The van der Waals surface area contributed by atoms with Crippen molar-refractivity contribution in [3.63, 3.8) is 0 Å². The van der Waals surface area contributed by atoms with Gasteiger partial charge in [0.1, 0.15) is 11.6 Å². The number of hydrogen-bond acceptors (Lipinski definition) is 4. The summed E-state index contributed by atoms with van der Waals surface area (Å²) in [6.45, 7) is 13.6. The Labute approximate surface area is 207 Å². The minimum atomic E-state index is -0.656. The Bertz CT molecular complexity index is 732. The van der Waals surface area contributed by atoms with Gasteiger partial charge in [0.25, 0.3) is 0 Å². The molecule has 2 amide bonds. The smallest absolute Gasteiger partial charge is 0.246 e. The SMILES string of the molecule is CCCN1C(=O)C(CC(C)C)NC(=O)C12CCN(CC1CC=C(CCCC(C)(C)O)CC1)CC2. The third-order valence-electron chi connectivity index (χ3n) is 8.06. The number of hydrogen-bond donors (Lipinski definition) is 2. The fourth-order valence-corrected chi connectivity index (χ4v) is 6.11. The molecule has 2 unspecified atom stereocenters. The predicted octanol–water partition coefficient (Wildman–Crippen LogP) is 4.27. The van der Waals surface area contributed by atoms with E-state index in [0.717, 1.165) is 64.6 Å². The molecule has 0 aromatic rings. The highest BCUT2D eigenvalue weighted by molar-refractivity contribution is 6.00. The molecule has 2 fully saturated rings. The number of carbonyl (C=O) groups excluding carboxylic acids is 2. The molecule has 0 radical (unpaired) electrons. The summed E-state index contributed by atoms with van der Waals surface area (Å²) in [5.41, 5.74) is 0.337. The summed E-state index contributed by atoms with van der Waals surface area (Å²) < 4.78 is 0. The number of carbonyl (C=O) groups is 2. The van der Waals surface area contributed by atoms with Crippen LogP contribution in [0.2, 0.25) is 0 Å². The van der Waals surface area contributed by atoms with Crippen molar-refractivity contribution in [2.75, 3.05) is 26.2 Å². The Morgan fingerprint density at radius 2 is 1.94 bits per heavy atom. The average Bonchev–Trinajstić information content (AvgIpc) is 2.76. The van der Waals surface area contributed by atoms with Crippen molar-refractivity contribution in [2.45, 2.75) is 116 Å². The number of amides is 2. The van der Waals surface area contributed by atoms with Crippen molar-refractivity contribution >= 4 is 11.8 Å². The van der Waals surface area contributed by atoms with Gasteiger partial charge in [0.2, 0.25) is 11.8 Å². The number of aliphatic hydroxyl groups is 1. The van der Waals surface area contributed by atoms with Gasteiger partial charge in [-0.05, 0) is 89.9 Å². The molecule has 0 aromatic carbocycles. The maximum Gasteiger partial charge on any atom is 0.246 e. The number of nitrogens with one attached hydrogen (secondary N) is 1. The summed E-state index contributed by atoms with van der Waals surface area (Å²) in [5.74, 6) is 1.25. The molecule has 194 valence electrons. The van der Waals surface area contributed by atoms with Gasteiger partial charge in [-0.2, -0.15) is 0 Å². The van der Waals surface area contributed by atoms with Crippen LogP contribution in [0.4, 0.5) is 0 Å². The second-order valence-corrected chi connectivity index (χ2v) is 12.1. The molecular weight excluding hydrogens is 426 g/mol. The highest BCUT2D eigenvalue weighted by Gasteiger charge is 2.53. The van der Waals surface area contributed by atoms with Crippen LogP contribution in [0, 0.1) is 11.8 Å². The molecule has 3 aliphatic rings. The zero-order valence-corrected chi connectivity index (χ0v) is 22.4. The molecule has 2 heterocycles. The zero-order valence-electron chi connectivity index (χ0n) is 22.4. The fourth-order valence-electron chi connectivity index (χ4n) is 6.11. The first-order valence-electron chi connectivity index (χ1n) is 13.8. The normalized spacial score (nSPS) is 26.2. The van der Waals surface area contributed by atoms with Crippen molar-refractivity contribution in [3.05, 3.63) is 11.6 Å². The van der Waals surface area contributed by atoms with Crippen LogP contribution in [0.1, 0.15) is 98.8 Å². The van der Waals surface area contributed by atoms with Crippen molar-refractivity contribution in [1.29, 1.82) is 0 Å². The van der Waals surface area contributed by atoms with E-state index in [1.807, 2.05) is 18.7 Å². The lowest BCUT2D eigenvalue weighted by Gasteiger charge is -2.52. The minimum absolute atomic E-state index is 0.0714. The second-order valence-electron chi connectivity index (χ2n) is 12.1. The van der Waals surface area contributed by atoms with E-state index in [-0.39, 0.29) is 17.9 Å². The van der Waals surface area contributed by atoms with Crippen molar-refractivity contribution in [1.82, 2.24) is 15.1 Å². The lowest BCUT2D eigenvalue weighted by Crippen LogP contribution is -2.73. The molecule has 2 saturated heterocycles. The lowest BCUT2D eigenvalue weighted by molar-refractivity contribution is -0.161. The van der Waals surface area contributed by atoms with E-state index in [4.69, 9.17) is 0 Å². The first-order valence-corrected chi connectivity index (χ1v) is 13.8. The molecule has 6 nitrogen and oxygen atoms in total. The average molecular weight is 476 g/mol. The van der Waals surface area contributed by atoms with E-state index in [1.165, 1.54) is 12.8 Å². The Balaban J connectivity index is 1.52. The number of likely N-dealkylation sites (tertiary alicyclic amines) is 1. The maximum absolute atomic E-state index is 13.3. The van der Waals surface area contributed by atoms with Gasteiger partial charge in [0.05, 0.1) is 5.60 Å². The third kappa shape index (κ3) is 6.84. The Kier molecular flexibility index (Phi) is 9.24. The number of allylic oxidation sites excluding steroid dienone is 2. The lowest BCUT2D eigenvalue weighted by atomic mass is 9.80. The highest BCUT2D eigenvalue weighted by Crippen LogP contribution is 2.35. The van der Waals surface area contributed by atoms with Crippen LogP contribution in [-0.4, -0.2) is 70.1 Å². The van der Waals surface area contributed by atoms with Crippen molar-refractivity contribution in [3.8, 4) is 0 Å². The first kappa shape index (κ1) is 27.2. The molecule has 34 heavy (non-hydrogen) atoms. The standard InChI is InChI=1S/C28H49N3O3/c1-6-16-31-25(32)24(19-21(2)3)29-26(33)28(31)14-17-30(18-15-28)20-23-11-9-22(10-12-23)8-7-13-27(4,5)34/h9,21,23-24,34H,6-8,10-20H2,1-5H3,(H,29,33).